The fourth-order valence-electron chi connectivity index (χ4n) is 4.45. The number of hydrogen-bond acceptors (Lipinski definition) is 5. The molecule has 0 amide bonds. The molecule has 42 heavy (non-hydrogen) atoms. The van der Waals surface area contributed by atoms with Crippen LogP contribution in [0.3, 0.4) is 0 Å². The van der Waals surface area contributed by atoms with Crippen molar-refractivity contribution in [2.24, 2.45) is 4.99 Å². The lowest BCUT2D eigenvalue weighted by molar-refractivity contribution is 0.267. The van der Waals surface area contributed by atoms with E-state index in [4.69, 9.17) is 25.5 Å². The molecule has 0 unspecified atom stereocenters. The SMILES string of the molecule is CCOc1cc(C=Nc2oc(-c3ccc(C)cc3)c(-c3ccc(C)cc3)c2C#N)cc(Br)c1OCc1ccc(Cl)cc1. The molecule has 1 heterocycles. The van der Waals surface area contributed by atoms with E-state index in [0.29, 0.717) is 45.5 Å². The van der Waals surface area contributed by atoms with Crippen molar-refractivity contribution in [3.8, 4) is 40.0 Å². The second kappa shape index (κ2) is 13.1. The molecule has 0 saturated carbocycles. The molecule has 0 fully saturated rings. The van der Waals surface area contributed by atoms with Gasteiger partial charge in [-0.25, -0.2) is 4.99 Å². The highest BCUT2D eigenvalue weighted by atomic mass is 79.9. The molecule has 0 aliphatic heterocycles. The number of halogens is 2. The van der Waals surface area contributed by atoms with Gasteiger partial charge in [0.25, 0.3) is 0 Å². The Labute approximate surface area is 259 Å². The van der Waals surface area contributed by atoms with Crippen molar-refractivity contribution in [3.63, 3.8) is 0 Å². The van der Waals surface area contributed by atoms with E-state index < -0.39 is 0 Å². The average Bonchev–Trinajstić information content (AvgIpc) is 3.36. The lowest BCUT2D eigenvalue weighted by Crippen LogP contribution is -2.01. The second-order valence-electron chi connectivity index (χ2n) is 9.77. The molecule has 0 N–H and O–H groups in total. The van der Waals surface area contributed by atoms with Gasteiger partial charge in [-0.3, -0.25) is 0 Å². The first-order valence-corrected chi connectivity index (χ1v) is 14.6. The van der Waals surface area contributed by atoms with Crippen LogP contribution in [0.2, 0.25) is 5.02 Å². The quantitative estimate of drug-likeness (QED) is 0.151. The summed E-state index contributed by atoms with van der Waals surface area (Å²) in [6.45, 7) is 6.79. The summed E-state index contributed by atoms with van der Waals surface area (Å²) in [5, 5.41) is 10.9. The van der Waals surface area contributed by atoms with Crippen LogP contribution in [0.4, 0.5) is 5.88 Å². The summed E-state index contributed by atoms with van der Waals surface area (Å²) in [4.78, 5) is 4.64. The van der Waals surface area contributed by atoms with Gasteiger partial charge in [0.15, 0.2) is 11.5 Å². The lowest BCUT2D eigenvalue weighted by atomic mass is 9.97. The third-order valence-corrected chi connectivity index (χ3v) is 7.46. The van der Waals surface area contributed by atoms with E-state index in [9.17, 15) is 5.26 Å². The summed E-state index contributed by atoms with van der Waals surface area (Å²) in [6, 6.07) is 29.7. The predicted molar refractivity (Wildman–Crippen MR) is 172 cm³/mol. The summed E-state index contributed by atoms with van der Waals surface area (Å²) in [5.41, 5.74) is 6.85. The zero-order valence-electron chi connectivity index (χ0n) is 23.4. The molecule has 5 rings (SSSR count). The van der Waals surface area contributed by atoms with Gasteiger partial charge in [-0.1, -0.05) is 83.4 Å². The third kappa shape index (κ3) is 6.60. The molecule has 0 bridgehead atoms. The normalized spacial score (nSPS) is 11.0. The minimum atomic E-state index is 0.237. The van der Waals surface area contributed by atoms with Crippen molar-refractivity contribution in [3.05, 3.63) is 122 Å². The highest BCUT2D eigenvalue weighted by Gasteiger charge is 2.23. The fourth-order valence-corrected chi connectivity index (χ4v) is 5.15. The van der Waals surface area contributed by atoms with Gasteiger partial charge in [0.05, 0.1) is 11.1 Å². The van der Waals surface area contributed by atoms with Crippen LogP contribution < -0.4 is 9.47 Å². The van der Waals surface area contributed by atoms with E-state index in [1.807, 2.05) is 106 Å². The van der Waals surface area contributed by atoms with Crippen molar-refractivity contribution in [2.45, 2.75) is 27.4 Å². The molecule has 0 atom stereocenters. The first-order chi connectivity index (χ1) is 20.4. The largest absolute Gasteiger partial charge is 0.490 e. The molecule has 5 nitrogen and oxygen atoms in total. The Hall–Kier alpha value is -4.31. The summed E-state index contributed by atoms with van der Waals surface area (Å²) >= 11 is 9.64. The van der Waals surface area contributed by atoms with Gasteiger partial charge in [0.2, 0.25) is 5.88 Å². The summed E-state index contributed by atoms with van der Waals surface area (Å²) in [7, 11) is 0. The zero-order chi connectivity index (χ0) is 29.6. The molecular formula is C35H28BrClN2O3. The monoisotopic (exact) mass is 638 g/mol. The van der Waals surface area contributed by atoms with Crippen LogP contribution in [-0.4, -0.2) is 12.8 Å². The van der Waals surface area contributed by atoms with E-state index >= 15 is 0 Å². The maximum atomic E-state index is 10.2. The van der Waals surface area contributed by atoms with Gasteiger partial charge in [-0.2, -0.15) is 5.26 Å². The third-order valence-electron chi connectivity index (χ3n) is 6.61. The minimum absolute atomic E-state index is 0.237. The highest BCUT2D eigenvalue weighted by Crippen LogP contribution is 2.43. The maximum Gasteiger partial charge on any atom is 0.238 e. The number of benzene rings is 4. The molecule has 1 aromatic heterocycles. The van der Waals surface area contributed by atoms with E-state index in [1.54, 1.807) is 6.21 Å². The maximum absolute atomic E-state index is 10.2. The molecule has 0 aliphatic carbocycles. The number of hydrogen-bond donors (Lipinski definition) is 0. The number of ether oxygens (including phenoxy) is 2. The smallest absolute Gasteiger partial charge is 0.238 e. The van der Waals surface area contributed by atoms with Gasteiger partial charge in [-0.15, -0.1) is 0 Å². The van der Waals surface area contributed by atoms with E-state index in [1.165, 1.54) is 0 Å². The topological polar surface area (TPSA) is 67.8 Å². The van der Waals surface area contributed by atoms with Gasteiger partial charge < -0.3 is 13.9 Å². The van der Waals surface area contributed by atoms with E-state index in [-0.39, 0.29) is 5.88 Å². The summed E-state index contributed by atoms with van der Waals surface area (Å²) < 4.78 is 19.0. The van der Waals surface area contributed by atoms with Gasteiger partial charge in [0.1, 0.15) is 24.0 Å². The van der Waals surface area contributed by atoms with Crippen LogP contribution >= 0.6 is 27.5 Å². The molecule has 0 saturated heterocycles. The second-order valence-corrected chi connectivity index (χ2v) is 11.1. The van der Waals surface area contributed by atoms with Crippen LogP contribution in [-0.2, 0) is 6.61 Å². The number of rotatable bonds is 9. The fraction of sp³-hybridized carbons (Fsp3) is 0.143. The first-order valence-electron chi connectivity index (χ1n) is 13.4. The van der Waals surface area contributed by atoms with Crippen molar-refractivity contribution in [1.82, 2.24) is 0 Å². The molecule has 0 radical (unpaired) electrons. The standard InChI is InChI=1S/C35H28BrClN2O3/c1-4-40-31-18-25(17-30(36)34(31)41-21-24-9-15-28(37)16-10-24)20-39-35-29(19-38)32(26-11-5-22(2)6-12-26)33(42-35)27-13-7-23(3)8-14-27/h5-18,20H,4,21H2,1-3H3. The molecule has 0 spiro atoms. The average molecular weight is 640 g/mol. The minimum Gasteiger partial charge on any atom is -0.490 e. The molecule has 7 heteroatoms. The number of furan rings is 1. The van der Waals surface area contributed by atoms with Gasteiger partial charge in [-0.05, 0) is 77.7 Å². The molecule has 210 valence electrons. The Bertz CT molecular complexity index is 1770. The van der Waals surface area contributed by atoms with Crippen LogP contribution in [0.15, 0.2) is 98.8 Å². The van der Waals surface area contributed by atoms with Crippen LogP contribution in [0.25, 0.3) is 22.5 Å². The van der Waals surface area contributed by atoms with Crippen LogP contribution in [0, 0.1) is 25.2 Å². The van der Waals surface area contributed by atoms with Crippen molar-refractivity contribution in [1.29, 1.82) is 5.26 Å². The Morgan fingerprint density at radius 3 is 2.17 bits per heavy atom. The Morgan fingerprint density at radius 2 is 1.55 bits per heavy atom. The summed E-state index contributed by atoms with van der Waals surface area (Å²) in [6.07, 6.45) is 1.66. The van der Waals surface area contributed by atoms with Crippen LogP contribution in [0.1, 0.15) is 34.7 Å². The van der Waals surface area contributed by atoms with Gasteiger partial charge in [0, 0.05) is 22.4 Å². The molecule has 5 aromatic rings. The van der Waals surface area contributed by atoms with E-state index in [0.717, 1.165) is 38.9 Å². The molecule has 0 aliphatic rings. The zero-order valence-corrected chi connectivity index (χ0v) is 25.8. The van der Waals surface area contributed by atoms with Crippen molar-refractivity contribution < 1.29 is 13.9 Å². The Morgan fingerprint density at radius 1 is 0.905 bits per heavy atom. The Balaban J connectivity index is 1.52. The number of nitriles is 1. The van der Waals surface area contributed by atoms with Gasteiger partial charge >= 0.3 is 0 Å². The first kappa shape index (κ1) is 29.2. The highest BCUT2D eigenvalue weighted by molar-refractivity contribution is 9.10. The molecule has 4 aromatic carbocycles. The Kier molecular flexibility index (Phi) is 9.12. The van der Waals surface area contributed by atoms with E-state index in [2.05, 4.69) is 27.0 Å². The predicted octanol–water partition coefficient (Wildman–Crippen LogP) is 10.2. The van der Waals surface area contributed by atoms with Crippen molar-refractivity contribution >= 4 is 39.6 Å². The van der Waals surface area contributed by atoms with Crippen molar-refractivity contribution in [2.75, 3.05) is 6.61 Å². The number of aliphatic imine (C=N–C) groups is 1. The van der Waals surface area contributed by atoms with Crippen LogP contribution in [0.5, 0.6) is 11.5 Å². The number of aryl methyl sites for hydroxylation is 2. The summed E-state index contributed by atoms with van der Waals surface area (Å²) in [5.74, 6) is 2.00. The lowest BCUT2D eigenvalue weighted by Gasteiger charge is -2.14. The number of nitrogens with zero attached hydrogens (tertiary/aromatic N) is 2. The molecular weight excluding hydrogens is 612 g/mol.